The molecule has 1 N–H and O–H groups in total. The Morgan fingerprint density at radius 3 is 2.63 bits per heavy atom. The van der Waals surface area contributed by atoms with Crippen LogP contribution in [0.25, 0.3) is 11.0 Å². The number of benzene rings is 3. The van der Waals surface area contributed by atoms with Gasteiger partial charge >= 0.3 is 0 Å². The second kappa shape index (κ2) is 10.1. The van der Waals surface area contributed by atoms with Gasteiger partial charge in [-0.3, -0.25) is 9.59 Å². The summed E-state index contributed by atoms with van der Waals surface area (Å²) in [5.74, 6) is 0.856. The number of fused-ring (bicyclic) bond motifs is 2. The van der Waals surface area contributed by atoms with Crippen LogP contribution in [0.5, 0.6) is 0 Å². The molecule has 178 valence electrons. The second-order valence-electron chi connectivity index (χ2n) is 9.08. The van der Waals surface area contributed by atoms with Crippen LogP contribution in [0.2, 0.25) is 0 Å². The van der Waals surface area contributed by atoms with E-state index in [4.69, 9.17) is 4.98 Å². The van der Waals surface area contributed by atoms with Gasteiger partial charge in [0.2, 0.25) is 11.8 Å². The number of amides is 2. The fourth-order valence-corrected chi connectivity index (χ4v) is 4.86. The molecule has 6 heteroatoms. The predicted molar refractivity (Wildman–Crippen MR) is 138 cm³/mol. The molecular formula is C29H30N4O2. The van der Waals surface area contributed by atoms with E-state index in [0.717, 1.165) is 53.1 Å². The first-order chi connectivity index (χ1) is 17.1. The molecule has 0 bridgehead atoms. The number of rotatable bonds is 7. The summed E-state index contributed by atoms with van der Waals surface area (Å²) in [7, 11) is 0. The smallest absolute Gasteiger partial charge is 0.246 e. The van der Waals surface area contributed by atoms with Gasteiger partial charge in [0.1, 0.15) is 12.4 Å². The molecule has 0 radical (unpaired) electrons. The van der Waals surface area contributed by atoms with Crippen LogP contribution < -0.4 is 10.2 Å². The molecule has 2 amide bonds. The molecule has 1 aliphatic rings. The van der Waals surface area contributed by atoms with E-state index in [9.17, 15) is 9.59 Å². The van der Waals surface area contributed by atoms with Gasteiger partial charge in [0.25, 0.3) is 0 Å². The zero-order valence-corrected chi connectivity index (χ0v) is 20.0. The van der Waals surface area contributed by atoms with Gasteiger partial charge in [0.15, 0.2) is 0 Å². The summed E-state index contributed by atoms with van der Waals surface area (Å²) in [6.45, 7) is 3.44. The SMILES string of the molecule is Cc1ccccc1CC(=O)NCCc1nc2ccccc2n1CC(=O)N1CCCc2ccccc21. The molecule has 35 heavy (non-hydrogen) atoms. The number of hydrogen-bond donors (Lipinski definition) is 1. The van der Waals surface area contributed by atoms with Crippen LogP contribution in [0.1, 0.15) is 28.9 Å². The van der Waals surface area contributed by atoms with Crippen molar-refractivity contribution in [2.45, 2.75) is 39.2 Å². The van der Waals surface area contributed by atoms with Gasteiger partial charge in [0.05, 0.1) is 17.5 Å². The maximum absolute atomic E-state index is 13.4. The first-order valence-corrected chi connectivity index (χ1v) is 12.2. The van der Waals surface area contributed by atoms with E-state index in [0.29, 0.717) is 19.4 Å². The molecular weight excluding hydrogens is 436 g/mol. The lowest BCUT2D eigenvalue weighted by molar-refractivity contribution is -0.120. The lowest BCUT2D eigenvalue weighted by Gasteiger charge is -2.29. The number of carbonyl (C=O) groups excluding carboxylic acids is 2. The molecule has 0 fully saturated rings. The summed E-state index contributed by atoms with van der Waals surface area (Å²) in [4.78, 5) is 32.7. The third-order valence-electron chi connectivity index (χ3n) is 6.72. The van der Waals surface area contributed by atoms with Gasteiger partial charge in [0, 0.05) is 25.2 Å². The van der Waals surface area contributed by atoms with E-state index < -0.39 is 0 Å². The van der Waals surface area contributed by atoms with Crippen molar-refractivity contribution in [2.75, 3.05) is 18.0 Å². The van der Waals surface area contributed by atoms with E-state index in [1.807, 2.05) is 83.1 Å². The van der Waals surface area contributed by atoms with E-state index in [-0.39, 0.29) is 18.4 Å². The van der Waals surface area contributed by atoms with Crippen molar-refractivity contribution < 1.29 is 9.59 Å². The summed E-state index contributed by atoms with van der Waals surface area (Å²) in [6.07, 6.45) is 2.88. The molecule has 5 rings (SSSR count). The fourth-order valence-electron chi connectivity index (χ4n) is 4.86. The molecule has 1 aromatic heterocycles. The number of nitrogens with zero attached hydrogens (tertiary/aromatic N) is 3. The highest BCUT2D eigenvalue weighted by molar-refractivity contribution is 5.95. The van der Waals surface area contributed by atoms with E-state index >= 15 is 0 Å². The Balaban J connectivity index is 1.30. The van der Waals surface area contributed by atoms with Crippen molar-refractivity contribution >= 4 is 28.5 Å². The highest BCUT2D eigenvalue weighted by Crippen LogP contribution is 2.27. The number of para-hydroxylation sites is 3. The molecule has 0 spiro atoms. The van der Waals surface area contributed by atoms with Gasteiger partial charge in [-0.25, -0.2) is 4.98 Å². The zero-order chi connectivity index (χ0) is 24.2. The summed E-state index contributed by atoms with van der Waals surface area (Å²) in [5.41, 5.74) is 6.18. The molecule has 1 aliphatic heterocycles. The molecule has 0 atom stereocenters. The average Bonchev–Trinajstić information content (AvgIpc) is 3.22. The largest absolute Gasteiger partial charge is 0.355 e. The molecule has 0 aliphatic carbocycles. The monoisotopic (exact) mass is 466 g/mol. The molecule has 3 aromatic carbocycles. The Morgan fingerprint density at radius 2 is 1.74 bits per heavy atom. The number of anilines is 1. The van der Waals surface area contributed by atoms with Crippen molar-refractivity contribution in [2.24, 2.45) is 0 Å². The standard InChI is InChI=1S/C29H30N4O2/c1-21-9-2-3-11-23(21)19-28(34)30-17-16-27-31-24-13-5-7-15-26(24)33(27)20-29(35)32-18-8-12-22-10-4-6-14-25(22)32/h2-7,9-11,13-15H,8,12,16-20H2,1H3,(H,30,34). The summed E-state index contributed by atoms with van der Waals surface area (Å²) in [6, 6.07) is 24.0. The lowest BCUT2D eigenvalue weighted by Crippen LogP contribution is -2.38. The number of carbonyl (C=O) groups is 2. The lowest BCUT2D eigenvalue weighted by atomic mass is 10.0. The first-order valence-electron chi connectivity index (χ1n) is 12.2. The molecule has 4 aromatic rings. The quantitative estimate of drug-likeness (QED) is 0.443. The van der Waals surface area contributed by atoms with Crippen LogP contribution in [-0.2, 0) is 35.4 Å². The average molecular weight is 467 g/mol. The van der Waals surface area contributed by atoms with Gasteiger partial charge in [-0.2, -0.15) is 0 Å². The van der Waals surface area contributed by atoms with Crippen molar-refractivity contribution in [1.29, 1.82) is 0 Å². The Morgan fingerprint density at radius 1 is 0.971 bits per heavy atom. The van der Waals surface area contributed by atoms with Gasteiger partial charge in [-0.05, 0) is 54.7 Å². The number of nitrogens with one attached hydrogen (secondary N) is 1. The van der Waals surface area contributed by atoms with Crippen LogP contribution in [0.3, 0.4) is 0 Å². The van der Waals surface area contributed by atoms with Gasteiger partial charge < -0.3 is 14.8 Å². The summed E-state index contributed by atoms with van der Waals surface area (Å²) >= 11 is 0. The minimum absolute atomic E-state index is 0.0111. The Labute approximate surface area is 205 Å². The van der Waals surface area contributed by atoms with E-state index in [1.165, 1.54) is 5.56 Å². The van der Waals surface area contributed by atoms with Crippen molar-refractivity contribution in [3.8, 4) is 0 Å². The van der Waals surface area contributed by atoms with Gasteiger partial charge in [-0.15, -0.1) is 0 Å². The first kappa shape index (κ1) is 22.8. The van der Waals surface area contributed by atoms with Crippen molar-refractivity contribution in [1.82, 2.24) is 14.9 Å². The van der Waals surface area contributed by atoms with Gasteiger partial charge in [-0.1, -0.05) is 54.6 Å². The second-order valence-corrected chi connectivity index (χ2v) is 9.08. The number of aromatic nitrogens is 2. The normalized spacial score (nSPS) is 13.0. The van der Waals surface area contributed by atoms with Crippen LogP contribution >= 0.6 is 0 Å². The van der Waals surface area contributed by atoms with E-state index in [1.54, 1.807) is 0 Å². The fraction of sp³-hybridized carbons (Fsp3) is 0.276. The number of aryl methyl sites for hydroxylation is 2. The highest BCUT2D eigenvalue weighted by Gasteiger charge is 2.24. The molecule has 0 saturated carbocycles. The van der Waals surface area contributed by atoms with Crippen LogP contribution in [-0.4, -0.2) is 34.5 Å². The van der Waals surface area contributed by atoms with Crippen LogP contribution in [0.4, 0.5) is 5.69 Å². The zero-order valence-electron chi connectivity index (χ0n) is 20.0. The Bertz CT molecular complexity index is 1370. The topological polar surface area (TPSA) is 67.2 Å². The summed E-state index contributed by atoms with van der Waals surface area (Å²) in [5, 5.41) is 3.02. The number of hydrogen-bond acceptors (Lipinski definition) is 3. The van der Waals surface area contributed by atoms with Crippen molar-refractivity contribution in [3.63, 3.8) is 0 Å². The minimum Gasteiger partial charge on any atom is -0.355 e. The Hall–Kier alpha value is -3.93. The third-order valence-corrected chi connectivity index (χ3v) is 6.72. The molecule has 0 saturated heterocycles. The maximum Gasteiger partial charge on any atom is 0.246 e. The molecule has 0 unspecified atom stereocenters. The van der Waals surface area contributed by atoms with E-state index in [2.05, 4.69) is 11.4 Å². The van der Waals surface area contributed by atoms with Crippen molar-refractivity contribution in [3.05, 3.63) is 95.3 Å². The maximum atomic E-state index is 13.4. The van der Waals surface area contributed by atoms with Crippen LogP contribution in [0, 0.1) is 6.92 Å². The minimum atomic E-state index is -0.0111. The van der Waals surface area contributed by atoms with Crippen LogP contribution in [0.15, 0.2) is 72.8 Å². The molecule has 2 heterocycles. The summed E-state index contributed by atoms with van der Waals surface area (Å²) < 4.78 is 2.00. The number of imidazole rings is 1. The Kier molecular flexibility index (Phi) is 6.62. The highest BCUT2D eigenvalue weighted by atomic mass is 16.2. The third kappa shape index (κ3) is 4.97. The predicted octanol–water partition coefficient (Wildman–Crippen LogP) is 4.23. The molecule has 6 nitrogen and oxygen atoms in total.